The second kappa shape index (κ2) is 2.95. The first-order valence-corrected chi connectivity index (χ1v) is 4.90. The van der Waals surface area contributed by atoms with Gasteiger partial charge in [-0.05, 0) is 34.7 Å². The van der Waals surface area contributed by atoms with Gasteiger partial charge in [0.1, 0.15) is 0 Å². The van der Waals surface area contributed by atoms with E-state index in [1.807, 2.05) is 22.6 Å². The summed E-state index contributed by atoms with van der Waals surface area (Å²) in [5.74, 6) is -1.08. The topological polar surface area (TPSA) is 46.2 Å². The predicted molar refractivity (Wildman–Crippen MR) is 57.1 cm³/mol. The third-order valence-corrected chi connectivity index (χ3v) is 3.54. The molecule has 1 heterocycles. The van der Waals surface area contributed by atoms with Crippen LogP contribution in [0.25, 0.3) is 0 Å². The van der Waals surface area contributed by atoms with Crippen molar-refractivity contribution in [3.05, 3.63) is 26.3 Å². The number of hydrogen-bond donors (Lipinski definition) is 1. The molecule has 5 heteroatoms. The Labute approximate surface area is 92.6 Å². The lowest BCUT2D eigenvalue weighted by molar-refractivity contribution is -0.112. The Kier molecular flexibility index (Phi) is 2.03. The van der Waals surface area contributed by atoms with Gasteiger partial charge >= 0.3 is 0 Å². The van der Waals surface area contributed by atoms with Gasteiger partial charge < -0.3 is 5.32 Å². The van der Waals surface area contributed by atoms with E-state index < -0.39 is 11.7 Å². The van der Waals surface area contributed by atoms with Gasteiger partial charge in [-0.3, -0.25) is 9.59 Å². The molecule has 3 nitrogen and oxygen atoms in total. The van der Waals surface area contributed by atoms with Crippen LogP contribution in [0.3, 0.4) is 0 Å². The molecule has 1 amide bonds. The number of ketones is 1. The number of hydrogen-bond acceptors (Lipinski definition) is 2. The largest absolute Gasteiger partial charge is 0.317 e. The molecule has 1 aliphatic rings. The third-order valence-electron chi connectivity index (χ3n) is 1.78. The van der Waals surface area contributed by atoms with Gasteiger partial charge in [0.25, 0.3) is 11.7 Å². The number of halogens is 2. The summed E-state index contributed by atoms with van der Waals surface area (Å²) < 4.78 is 0.705. The van der Waals surface area contributed by atoms with Crippen LogP contribution >= 0.6 is 34.2 Å². The Morgan fingerprint density at radius 2 is 2.00 bits per heavy atom. The second-order valence-corrected chi connectivity index (χ2v) is 4.05. The van der Waals surface area contributed by atoms with Gasteiger partial charge in [-0.15, -0.1) is 0 Å². The molecule has 13 heavy (non-hydrogen) atoms. The lowest BCUT2D eigenvalue weighted by Gasteiger charge is -2.01. The molecule has 1 aromatic rings. The SMILES string of the molecule is O=C1Nc2c(ccc(Cl)c2I)C1=O. The van der Waals surface area contributed by atoms with Crippen LogP contribution in [0.1, 0.15) is 10.4 Å². The minimum atomic E-state index is -0.588. The molecule has 66 valence electrons. The average Bonchev–Trinajstić information content (AvgIpc) is 2.38. The highest BCUT2D eigenvalue weighted by atomic mass is 127. The zero-order valence-corrected chi connectivity index (χ0v) is 9.14. The van der Waals surface area contributed by atoms with Crippen molar-refractivity contribution in [1.82, 2.24) is 0 Å². The summed E-state index contributed by atoms with van der Waals surface area (Å²) in [5.41, 5.74) is 0.932. The smallest absolute Gasteiger partial charge is 0.296 e. The Morgan fingerprint density at radius 1 is 1.31 bits per heavy atom. The van der Waals surface area contributed by atoms with Crippen molar-refractivity contribution in [2.75, 3.05) is 5.32 Å². The number of fused-ring (bicyclic) bond motifs is 1. The molecular weight excluding hydrogens is 304 g/mol. The van der Waals surface area contributed by atoms with Crippen LogP contribution in [0.15, 0.2) is 12.1 Å². The summed E-state index contributed by atoms with van der Waals surface area (Å²) in [7, 11) is 0. The lowest BCUT2D eigenvalue weighted by Crippen LogP contribution is -2.12. The summed E-state index contributed by atoms with van der Waals surface area (Å²) in [6.07, 6.45) is 0. The molecule has 0 fully saturated rings. The van der Waals surface area contributed by atoms with E-state index in [4.69, 9.17) is 11.6 Å². The monoisotopic (exact) mass is 307 g/mol. The number of anilines is 1. The van der Waals surface area contributed by atoms with E-state index in [0.29, 0.717) is 19.8 Å². The van der Waals surface area contributed by atoms with Crippen molar-refractivity contribution in [2.24, 2.45) is 0 Å². The molecule has 0 saturated heterocycles. The Hall–Kier alpha value is -0.620. The molecule has 0 radical (unpaired) electrons. The number of amides is 1. The van der Waals surface area contributed by atoms with Crippen molar-refractivity contribution in [3.8, 4) is 0 Å². The highest BCUT2D eigenvalue weighted by molar-refractivity contribution is 14.1. The van der Waals surface area contributed by atoms with Gasteiger partial charge in [-0.1, -0.05) is 11.6 Å². The van der Waals surface area contributed by atoms with Crippen molar-refractivity contribution in [2.45, 2.75) is 0 Å². The first kappa shape index (κ1) is 8.96. The molecule has 0 atom stereocenters. The van der Waals surface area contributed by atoms with E-state index in [2.05, 4.69) is 5.32 Å². The van der Waals surface area contributed by atoms with Crippen LogP contribution in [0.5, 0.6) is 0 Å². The van der Waals surface area contributed by atoms with Crippen molar-refractivity contribution < 1.29 is 9.59 Å². The summed E-state index contributed by atoms with van der Waals surface area (Å²) >= 11 is 7.81. The van der Waals surface area contributed by atoms with Crippen LogP contribution in [-0.4, -0.2) is 11.7 Å². The highest BCUT2D eigenvalue weighted by Crippen LogP contribution is 2.33. The Bertz CT molecular complexity index is 430. The van der Waals surface area contributed by atoms with Crippen LogP contribution in [0, 0.1) is 3.57 Å². The summed E-state index contributed by atoms with van der Waals surface area (Å²) in [5, 5.41) is 3.01. The molecule has 0 bridgehead atoms. The zero-order valence-electron chi connectivity index (χ0n) is 6.23. The van der Waals surface area contributed by atoms with Gasteiger partial charge in [-0.25, -0.2) is 0 Å². The molecular formula is C8H3ClINO2. The number of nitrogens with one attached hydrogen (secondary N) is 1. The predicted octanol–water partition coefficient (Wildman–Crippen LogP) is 2.08. The van der Waals surface area contributed by atoms with E-state index in [1.165, 1.54) is 0 Å². The molecule has 0 unspecified atom stereocenters. The van der Waals surface area contributed by atoms with Gasteiger partial charge in [0.05, 0.1) is 19.8 Å². The van der Waals surface area contributed by atoms with E-state index in [0.717, 1.165) is 0 Å². The standard InChI is InChI=1S/C8H3ClINO2/c9-4-2-1-3-6(5(4)10)11-8(13)7(3)12/h1-2H,(H,11,12,13). The second-order valence-electron chi connectivity index (χ2n) is 2.57. The van der Waals surface area contributed by atoms with E-state index in [9.17, 15) is 9.59 Å². The van der Waals surface area contributed by atoms with E-state index >= 15 is 0 Å². The fraction of sp³-hybridized carbons (Fsp3) is 0. The number of rotatable bonds is 0. The first-order valence-electron chi connectivity index (χ1n) is 3.45. The summed E-state index contributed by atoms with van der Waals surface area (Å²) in [6.45, 7) is 0. The maximum atomic E-state index is 11.2. The molecule has 1 N–H and O–H groups in total. The highest BCUT2D eigenvalue weighted by Gasteiger charge is 2.30. The van der Waals surface area contributed by atoms with Gasteiger partial charge in [-0.2, -0.15) is 0 Å². The number of benzene rings is 1. The average molecular weight is 307 g/mol. The Morgan fingerprint density at radius 3 is 2.69 bits per heavy atom. The van der Waals surface area contributed by atoms with E-state index in [1.54, 1.807) is 12.1 Å². The fourth-order valence-corrected chi connectivity index (χ4v) is 1.92. The van der Waals surface area contributed by atoms with Gasteiger partial charge in [0.2, 0.25) is 0 Å². The van der Waals surface area contributed by atoms with Crippen molar-refractivity contribution in [1.29, 1.82) is 0 Å². The quantitative estimate of drug-likeness (QED) is 0.589. The van der Waals surface area contributed by atoms with Crippen LogP contribution < -0.4 is 5.32 Å². The molecule has 1 aromatic carbocycles. The minimum Gasteiger partial charge on any atom is -0.317 e. The zero-order chi connectivity index (χ0) is 9.59. The van der Waals surface area contributed by atoms with Crippen LogP contribution in [-0.2, 0) is 4.79 Å². The van der Waals surface area contributed by atoms with Crippen LogP contribution in [0.4, 0.5) is 5.69 Å². The molecule has 0 aromatic heterocycles. The molecule has 1 aliphatic heterocycles. The fourth-order valence-electron chi connectivity index (χ4n) is 1.15. The number of carbonyl (C=O) groups excluding carboxylic acids is 2. The van der Waals surface area contributed by atoms with E-state index in [-0.39, 0.29) is 0 Å². The lowest BCUT2D eigenvalue weighted by atomic mass is 10.1. The maximum absolute atomic E-state index is 11.2. The molecule has 0 saturated carbocycles. The van der Waals surface area contributed by atoms with Gasteiger partial charge in [0, 0.05) is 0 Å². The molecule has 0 aliphatic carbocycles. The summed E-state index contributed by atoms with van der Waals surface area (Å²) in [4.78, 5) is 22.2. The maximum Gasteiger partial charge on any atom is 0.296 e. The third kappa shape index (κ3) is 1.24. The first-order chi connectivity index (χ1) is 6.11. The summed E-state index contributed by atoms with van der Waals surface area (Å²) in [6, 6.07) is 3.17. The minimum absolute atomic E-state index is 0.402. The van der Waals surface area contributed by atoms with Crippen molar-refractivity contribution >= 4 is 51.6 Å². The Balaban J connectivity index is 2.70. The molecule has 2 rings (SSSR count). The normalized spacial score (nSPS) is 14.3. The van der Waals surface area contributed by atoms with Gasteiger partial charge in [0.15, 0.2) is 0 Å². The number of carbonyl (C=O) groups is 2. The van der Waals surface area contributed by atoms with Crippen molar-refractivity contribution in [3.63, 3.8) is 0 Å². The molecule has 0 spiro atoms. The van der Waals surface area contributed by atoms with Crippen LogP contribution in [0.2, 0.25) is 5.02 Å². The number of Topliss-reactive ketones (excluding diaryl/α,β-unsaturated/α-hetero) is 1.